The van der Waals surface area contributed by atoms with Crippen molar-refractivity contribution in [2.24, 2.45) is 5.92 Å². The number of likely N-dealkylation sites (tertiary alicyclic amines) is 1. The summed E-state index contributed by atoms with van der Waals surface area (Å²) in [7, 11) is 0. The van der Waals surface area contributed by atoms with Gasteiger partial charge in [-0.15, -0.1) is 0 Å². The number of hydrogen-bond acceptors (Lipinski definition) is 3. The van der Waals surface area contributed by atoms with Gasteiger partial charge in [0.1, 0.15) is 0 Å². The van der Waals surface area contributed by atoms with Crippen LogP contribution in [0.5, 0.6) is 0 Å². The lowest BCUT2D eigenvalue weighted by Gasteiger charge is -2.34. The molecule has 0 aromatic carbocycles. The molecule has 0 saturated carbocycles. The van der Waals surface area contributed by atoms with E-state index in [-0.39, 0.29) is 12.5 Å². The van der Waals surface area contributed by atoms with Crippen LogP contribution < -0.4 is 0 Å². The van der Waals surface area contributed by atoms with Crippen molar-refractivity contribution in [2.45, 2.75) is 26.7 Å². The fraction of sp³-hybridized carbons (Fsp3) is 0.833. The molecule has 1 amide bonds. The van der Waals surface area contributed by atoms with Crippen LogP contribution >= 0.6 is 0 Å². The topological polar surface area (TPSA) is 60.9 Å². The number of piperidine rings is 1. The average Bonchev–Trinajstić information content (AvgIpc) is 2.25. The summed E-state index contributed by atoms with van der Waals surface area (Å²) in [5.41, 5.74) is 0. The Labute approximate surface area is 102 Å². The summed E-state index contributed by atoms with van der Waals surface area (Å²) in [4.78, 5) is 25.8. The lowest BCUT2D eigenvalue weighted by Crippen LogP contribution is -2.43. The fourth-order valence-corrected chi connectivity index (χ4v) is 2.43. The van der Waals surface area contributed by atoms with Gasteiger partial charge in [0.15, 0.2) is 0 Å². The van der Waals surface area contributed by atoms with Crippen molar-refractivity contribution in [3.05, 3.63) is 0 Å². The van der Waals surface area contributed by atoms with Gasteiger partial charge >= 0.3 is 5.97 Å². The number of aliphatic carboxylic acids is 1. The van der Waals surface area contributed by atoms with E-state index in [1.807, 2.05) is 16.7 Å². The largest absolute Gasteiger partial charge is 0.480 e. The molecule has 0 radical (unpaired) electrons. The minimum Gasteiger partial charge on any atom is -0.480 e. The molecule has 1 fully saturated rings. The second-order valence-electron chi connectivity index (χ2n) is 4.69. The van der Waals surface area contributed by atoms with Gasteiger partial charge in [0, 0.05) is 26.6 Å². The Balaban J connectivity index is 2.43. The molecular weight excluding hydrogens is 220 g/mol. The van der Waals surface area contributed by atoms with E-state index in [1.54, 1.807) is 6.92 Å². The van der Waals surface area contributed by atoms with E-state index in [2.05, 4.69) is 0 Å². The van der Waals surface area contributed by atoms with Crippen molar-refractivity contribution in [3.8, 4) is 0 Å². The van der Waals surface area contributed by atoms with Crippen LogP contribution in [0, 0.1) is 5.92 Å². The molecule has 1 rings (SSSR count). The van der Waals surface area contributed by atoms with Gasteiger partial charge < -0.3 is 10.0 Å². The first-order chi connectivity index (χ1) is 8.02. The second kappa shape index (κ2) is 6.59. The molecule has 0 unspecified atom stereocenters. The first-order valence-corrected chi connectivity index (χ1v) is 6.22. The zero-order valence-electron chi connectivity index (χ0n) is 10.7. The zero-order valence-corrected chi connectivity index (χ0v) is 10.7. The van der Waals surface area contributed by atoms with Crippen molar-refractivity contribution in [2.75, 3.05) is 32.7 Å². The highest BCUT2D eigenvalue weighted by Crippen LogP contribution is 2.17. The number of carboxylic acids is 1. The molecule has 0 aromatic rings. The van der Waals surface area contributed by atoms with Crippen molar-refractivity contribution < 1.29 is 14.7 Å². The second-order valence-corrected chi connectivity index (χ2v) is 4.69. The molecule has 17 heavy (non-hydrogen) atoms. The Bertz CT molecular complexity index is 281. The standard InChI is InChI=1S/C12H22N2O3/c1-3-14(10(2)15)8-11-5-4-6-13(7-11)9-12(16)17/h11H,3-9H2,1-2H3,(H,16,17)/t11-/m0/s1. The van der Waals surface area contributed by atoms with Crippen LogP contribution in [0.2, 0.25) is 0 Å². The molecule has 1 heterocycles. The molecule has 1 N–H and O–H groups in total. The predicted molar refractivity (Wildman–Crippen MR) is 64.7 cm³/mol. The van der Waals surface area contributed by atoms with E-state index in [1.165, 1.54) is 0 Å². The normalized spacial score (nSPS) is 21.2. The van der Waals surface area contributed by atoms with Crippen LogP contribution in [0.1, 0.15) is 26.7 Å². The molecule has 0 aromatic heterocycles. The third-order valence-electron chi connectivity index (χ3n) is 3.27. The van der Waals surface area contributed by atoms with Gasteiger partial charge in [0.2, 0.25) is 5.91 Å². The number of amides is 1. The highest BCUT2D eigenvalue weighted by Gasteiger charge is 2.23. The molecule has 1 aliphatic rings. The van der Waals surface area contributed by atoms with Gasteiger partial charge in [-0.3, -0.25) is 14.5 Å². The monoisotopic (exact) mass is 242 g/mol. The first kappa shape index (κ1) is 14.0. The Morgan fingerprint density at radius 3 is 2.71 bits per heavy atom. The number of carbonyl (C=O) groups is 2. The fourth-order valence-electron chi connectivity index (χ4n) is 2.43. The highest BCUT2D eigenvalue weighted by atomic mass is 16.4. The van der Waals surface area contributed by atoms with Crippen LogP contribution in [-0.4, -0.2) is 59.5 Å². The zero-order chi connectivity index (χ0) is 12.8. The van der Waals surface area contributed by atoms with Crippen LogP contribution in [0.3, 0.4) is 0 Å². The lowest BCUT2D eigenvalue weighted by molar-refractivity contribution is -0.139. The molecule has 0 aliphatic carbocycles. The summed E-state index contributed by atoms with van der Waals surface area (Å²) in [5, 5.41) is 8.76. The van der Waals surface area contributed by atoms with Crippen molar-refractivity contribution in [1.82, 2.24) is 9.80 Å². The number of carbonyl (C=O) groups excluding carboxylic acids is 1. The van der Waals surface area contributed by atoms with Gasteiger partial charge in [-0.1, -0.05) is 0 Å². The maximum atomic E-state index is 11.3. The van der Waals surface area contributed by atoms with Crippen molar-refractivity contribution in [3.63, 3.8) is 0 Å². The van der Waals surface area contributed by atoms with Crippen LogP contribution in [0.15, 0.2) is 0 Å². The molecule has 1 saturated heterocycles. The van der Waals surface area contributed by atoms with Gasteiger partial charge in [0.25, 0.3) is 0 Å². The Hall–Kier alpha value is -1.10. The van der Waals surface area contributed by atoms with Gasteiger partial charge in [-0.05, 0) is 32.2 Å². The summed E-state index contributed by atoms with van der Waals surface area (Å²) in [6.07, 6.45) is 2.10. The summed E-state index contributed by atoms with van der Waals surface area (Å²) in [5.74, 6) is -0.264. The molecular formula is C12H22N2O3. The number of rotatable bonds is 5. The summed E-state index contributed by atoms with van der Waals surface area (Å²) in [6.45, 7) is 6.79. The minimum absolute atomic E-state index is 0.0999. The molecule has 98 valence electrons. The van der Waals surface area contributed by atoms with Gasteiger partial charge in [-0.25, -0.2) is 0 Å². The predicted octanol–water partition coefficient (Wildman–Crippen LogP) is 0.651. The lowest BCUT2D eigenvalue weighted by atomic mass is 9.97. The Morgan fingerprint density at radius 1 is 1.47 bits per heavy atom. The Kier molecular flexibility index (Phi) is 5.41. The molecule has 1 atom stereocenters. The van der Waals surface area contributed by atoms with Crippen LogP contribution in [-0.2, 0) is 9.59 Å². The maximum Gasteiger partial charge on any atom is 0.317 e. The SMILES string of the molecule is CCN(C[C@H]1CCCN(CC(=O)O)C1)C(C)=O. The summed E-state index contributed by atoms with van der Waals surface area (Å²) < 4.78 is 0. The smallest absolute Gasteiger partial charge is 0.317 e. The molecule has 5 heteroatoms. The summed E-state index contributed by atoms with van der Waals surface area (Å²) in [6, 6.07) is 0. The number of hydrogen-bond donors (Lipinski definition) is 1. The molecule has 0 bridgehead atoms. The van der Waals surface area contributed by atoms with Gasteiger partial charge in [0.05, 0.1) is 6.54 Å². The Morgan fingerprint density at radius 2 is 2.18 bits per heavy atom. The first-order valence-electron chi connectivity index (χ1n) is 6.22. The maximum absolute atomic E-state index is 11.3. The van der Waals surface area contributed by atoms with Crippen molar-refractivity contribution in [1.29, 1.82) is 0 Å². The number of carboxylic acid groups (broad SMARTS) is 1. The number of nitrogens with zero attached hydrogens (tertiary/aromatic N) is 2. The van der Waals surface area contributed by atoms with Crippen molar-refractivity contribution >= 4 is 11.9 Å². The van der Waals surface area contributed by atoms with E-state index in [0.29, 0.717) is 5.92 Å². The molecule has 5 nitrogen and oxygen atoms in total. The summed E-state index contributed by atoms with van der Waals surface area (Å²) >= 11 is 0. The van der Waals surface area contributed by atoms with E-state index in [0.717, 1.165) is 39.0 Å². The van der Waals surface area contributed by atoms with Gasteiger partial charge in [-0.2, -0.15) is 0 Å². The molecule has 1 aliphatic heterocycles. The average molecular weight is 242 g/mol. The van der Waals surface area contributed by atoms with Crippen LogP contribution in [0.25, 0.3) is 0 Å². The van der Waals surface area contributed by atoms with E-state index >= 15 is 0 Å². The minimum atomic E-state index is -0.774. The van der Waals surface area contributed by atoms with E-state index in [9.17, 15) is 9.59 Å². The van der Waals surface area contributed by atoms with Crippen LogP contribution in [0.4, 0.5) is 0 Å². The van der Waals surface area contributed by atoms with E-state index in [4.69, 9.17) is 5.11 Å². The third kappa shape index (κ3) is 4.73. The highest BCUT2D eigenvalue weighted by molar-refractivity contribution is 5.73. The quantitative estimate of drug-likeness (QED) is 0.769. The van der Waals surface area contributed by atoms with E-state index < -0.39 is 5.97 Å². The molecule has 0 spiro atoms. The third-order valence-corrected chi connectivity index (χ3v) is 3.27.